The number of methoxy groups -OCH3 is 1. The lowest BCUT2D eigenvalue weighted by atomic mass is 10.2. The third kappa shape index (κ3) is 4.60. The van der Waals surface area contributed by atoms with E-state index in [2.05, 4.69) is 25.2 Å². The minimum atomic E-state index is -0.488. The average molecular weight is 306 g/mol. The van der Waals surface area contributed by atoms with Crippen molar-refractivity contribution in [3.05, 3.63) is 30.3 Å². The van der Waals surface area contributed by atoms with E-state index in [9.17, 15) is 9.59 Å². The summed E-state index contributed by atoms with van der Waals surface area (Å²) < 4.78 is 4.43. The second-order valence-electron chi connectivity index (χ2n) is 3.97. The van der Waals surface area contributed by atoms with Gasteiger partial charge in [-0.15, -0.1) is 5.10 Å². The largest absolute Gasteiger partial charge is 0.468 e. The highest BCUT2D eigenvalue weighted by Gasteiger charge is 2.09. The molecule has 0 aliphatic rings. The molecule has 0 saturated heterocycles. The van der Waals surface area contributed by atoms with Crippen molar-refractivity contribution in [2.24, 2.45) is 0 Å². The summed E-state index contributed by atoms with van der Waals surface area (Å²) in [6, 6.07) is 9.56. The Labute approximate surface area is 125 Å². The number of hydrogen-bond acceptors (Lipinski definition) is 6. The van der Waals surface area contributed by atoms with Crippen LogP contribution in [-0.4, -0.2) is 46.5 Å². The molecule has 2 rings (SSSR count). The van der Waals surface area contributed by atoms with Gasteiger partial charge in [-0.2, -0.15) is 0 Å². The molecule has 0 aliphatic heterocycles. The number of nitrogens with zero attached hydrogens (tertiary/aromatic N) is 2. The fourth-order valence-electron chi connectivity index (χ4n) is 1.46. The van der Waals surface area contributed by atoms with E-state index in [0.717, 1.165) is 5.56 Å². The Bertz CT molecular complexity index is 615. The monoisotopic (exact) mass is 306 g/mol. The summed E-state index contributed by atoms with van der Waals surface area (Å²) in [7, 11) is 1.27. The molecule has 0 radical (unpaired) electrons. The molecular formula is C13H14N4O3S. The predicted molar refractivity (Wildman–Crippen MR) is 77.6 cm³/mol. The highest BCUT2D eigenvalue weighted by Crippen LogP contribution is 2.18. The molecule has 2 aromatic rings. The number of rotatable bonds is 6. The van der Waals surface area contributed by atoms with Crippen LogP contribution in [0.1, 0.15) is 0 Å². The maximum Gasteiger partial charge on any atom is 0.325 e. The molecule has 110 valence electrons. The highest BCUT2D eigenvalue weighted by molar-refractivity contribution is 7.99. The van der Waals surface area contributed by atoms with Gasteiger partial charge < -0.3 is 10.1 Å². The van der Waals surface area contributed by atoms with Crippen LogP contribution >= 0.6 is 11.8 Å². The van der Waals surface area contributed by atoms with Crippen LogP contribution in [0.5, 0.6) is 0 Å². The fourth-order valence-corrected chi connectivity index (χ4v) is 2.09. The Hall–Kier alpha value is -2.35. The number of ether oxygens (including phenoxy) is 1. The van der Waals surface area contributed by atoms with E-state index in [1.54, 1.807) is 0 Å². The Morgan fingerprint density at radius 3 is 2.81 bits per heavy atom. The molecule has 1 heterocycles. The first kappa shape index (κ1) is 15.0. The average Bonchev–Trinajstić information content (AvgIpc) is 3.00. The number of hydrogen-bond donors (Lipinski definition) is 2. The molecule has 1 aromatic carbocycles. The lowest BCUT2D eigenvalue weighted by Crippen LogP contribution is -2.31. The van der Waals surface area contributed by atoms with E-state index in [4.69, 9.17) is 0 Å². The summed E-state index contributed by atoms with van der Waals surface area (Å²) in [5.41, 5.74) is 0.923. The van der Waals surface area contributed by atoms with Gasteiger partial charge in [0.2, 0.25) is 11.1 Å². The third-order valence-corrected chi connectivity index (χ3v) is 3.35. The number of thioether (sulfide) groups is 1. The van der Waals surface area contributed by atoms with Gasteiger partial charge in [-0.3, -0.25) is 14.7 Å². The summed E-state index contributed by atoms with van der Waals surface area (Å²) in [5, 5.41) is 9.76. The first-order chi connectivity index (χ1) is 10.2. The van der Waals surface area contributed by atoms with Gasteiger partial charge in [-0.1, -0.05) is 42.1 Å². The fraction of sp³-hybridized carbons (Fsp3) is 0.231. The molecule has 21 heavy (non-hydrogen) atoms. The van der Waals surface area contributed by atoms with Gasteiger partial charge in [0, 0.05) is 5.56 Å². The summed E-state index contributed by atoms with van der Waals surface area (Å²) in [6.45, 7) is -0.140. The zero-order valence-electron chi connectivity index (χ0n) is 11.3. The maximum absolute atomic E-state index is 11.5. The van der Waals surface area contributed by atoms with E-state index >= 15 is 0 Å². The smallest absolute Gasteiger partial charge is 0.325 e. The predicted octanol–water partition coefficient (Wildman–Crippen LogP) is 0.853. The van der Waals surface area contributed by atoms with E-state index in [1.807, 2.05) is 30.3 Å². The lowest BCUT2D eigenvalue weighted by molar-refractivity contribution is -0.140. The second kappa shape index (κ2) is 7.44. The molecule has 7 nitrogen and oxygen atoms in total. The van der Waals surface area contributed by atoms with E-state index < -0.39 is 5.97 Å². The number of aromatic nitrogens is 3. The molecule has 0 aliphatic carbocycles. The van der Waals surface area contributed by atoms with Gasteiger partial charge in [-0.25, -0.2) is 4.98 Å². The van der Waals surface area contributed by atoms with Crippen molar-refractivity contribution in [3.63, 3.8) is 0 Å². The van der Waals surface area contributed by atoms with Crippen molar-refractivity contribution in [2.45, 2.75) is 5.16 Å². The van der Waals surface area contributed by atoms with Crippen LogP contribution in [0.3, 0.4) is 0 Å². The van der Waals surface area contributed by atoms with Crippen molar-refractivity contribution < 1.29 is 14.3 Å². The second-order valence-corrected chi connectivity index (χ2v) is 4.92. The third-order valence-electron chi connectivity index (χ3n) is 2.50. The Kier molecular flexibility index (Phi) is 5.33. The van der Waals surface area contributed by atoms with Crippen molar-refractivity contribution in [3.8, 4) is 11.4 Å². The molecule has 0 saturated carbocycles. The number of nitrogens with one attached hydrogen (secondary N) is 2. The van der Waals surface area contributed by atoms with E-state index in [0.29, 0.717) is 11.0 Å². The van der Waals surface area contributed by atoms with Gasteiger partial charge >= 0.3 is 5.97 Å². The van der Waals surface area contributed by atoms with Gasteiger partial charge in [0.15, 0.2) is 5.82 Å². The van der Waals surface area contributed by atoms with Crippen LogP contribution in [0.2, 0.25) is 0 Å². The molecule has 0 atom stereocenters. The standard InChI is InChI=1S/C13H14N4O3S/c1-20-11(19)7-14-10(18)8-21-13-15-12(16-17-13)9-5-3-2-4-6-9/h2-6H,7-8H2,1H3,(H,14,18)(H,15,16,17). The summed E-state index contributed by atoms with van der Waals surface area (Å²) in [5.74, 6) is 0.00503. The molecule has 1 aromatic heterocycles. The Morgan fingerprint density at radius 2 is 2.10 bits per heavy atom. The molecule has 0 unspecified atom stereocenters. The van der Waals surface area contributed by atoms with E-state index in [1.165, 1.54) is 18.9 Å². The normalized spacial score (nSPS) is 10.1. The van der Waals surface area contributed by atoms with Gasteiger partial charge in [0.1, 0.15) is 6.54 Å². The zero-order valence-corrected chi connectivity index (χ0v) is 12.1. The van der Waals surface area contributed by atoms with Crippen LogP contribution in [-0.2, 0) is 14.3 Å². The summed E-state index contributed by atoms with van der Waals surface area (Å²) in [4.78, 5) is 26.7. The molecule has 0 fully saturated rings. The molecular weight excluding hydrogens is 292 g/mol. The van der Waals surface area contributed by atoms with Crippen LogP contribution in [0.15, 0.2) is 35.5 Å². The molecule has 1 amide bonds. The molecule has 2 N–H and O–H groups in total. The highest BCUT2D eigenvalue weighted by atomic mass is 32.2. The number of H-pyrrole nitrogens is 1. The number of amides is 1. The van der Waals surface area contributed by atoms with Gasteiger partial charge in [0.25, 0.3) is 0 Å². The number of carbonyl (C=O) groups excluding carboxylic acids is 2. The van der Waals surface area contributed by atoms with Crippen LogP contribution < -0.4 is 5.32 Å². The van der Waals surface area contributed by atoms with Crippen LogP contribution in [0.25, 0.3) is 11.4 Å². The van der Waals surface area contributed by atoms with Crippen molar-refractivity contribution in [1.29, 1.82) is 0 Å². The van der Waals surface area contributed by atoms with Gasteiger partial charge in [-0.05, 0) is 0 Å². The first-order valence-corrected chi connectivity index (χ1v) is 7.11. The van der Waals surface area contributed by atoms with Gasteiger partial charge in [0.05, 0.1) is 12.9 Å². The molecule has 0 spiro atoms. The minimum Gasteiger partial charge on any atom is -0.468 e. The first-order valence-electron chi connectivity index (χ1n) is 6.13. The van der Waals surface area contributed by atoms with Crippen LogP contribution in [0, 0.1) is 0 Å². The van der Waals surface area contributed by atoms with Crippen molar-refractivity contribution in [2.75, 3.05) is 19.4 Å². The number of benzene rings is 1. The quantitative estimate of drug-likeness (QED) is 0.607. The minimum absolute atomic E-state index is 0.128. The van der Waals surface area contributed by atoms with Crippen LogP contribution in [0.4, 0.5) is 0 Å². The number of aromatic amines is 1. The summed E-state index contributed by atoms with van der Waals surface area (Å²) in [6.07, 6.45) is 0. The Morgan fingerprint density at radius 1 is 1.33 bits per heavy atom. The summed E-state index contributed by atoms with van der Waals surface area (Å²) >= 11 is 1.19. The Balaban J connectivity index is 1.83. The molecule has 8 heteroatoms. The molecule has 0 bridgehead atoms. The number of esters is 1. The topological polar surface area (TPSA) is 97.0 Å². The van der Waals surface area contributed by atoms with Crippen molar-refractivity contribution in [1.82, 2.24) is 20.5 Å². The zero-order chi connectivity index (χ0) is 15.1. The van der Waals surface area contributed by atoms with Crippen molar-refractivity contribution >= 4 is 23.6 Å². The maximum atomic E-state index is 11.5. The van der Waals surface area contributed by atoms with E-state index in [-0.39, 0.29) is 18.2 Å². The lowest BCUT2D eigenvalue weighted by Gasteiger charge is -2.01. The number of carbonyl (C=O) groups is 2. The SMILES string of the molecule is COC(=O)CNC(=O)CSc1n[nH]c(-c2ccccc2)n1.